The van der Waals surface area contributed by atoms with Crippen LogP contribution in [0, 0.1) is 0 Å². The molecule has 86 valence electrons. The molecule has 0 atom stereocenters. The second-order valence-corrected chi connectivity index (χ2v) is 43.1. The van der Waals surface area contributed by atoms with E-state index in [4.69, 9.17) is 0 Å². The van der Waals surface area contributed by atoms with Crippen LogP contribution in [-0.2, 0) is 4.57 Å². The molecule has 0 aromatic rings. The maximum absolute atomic E-state index is 13.5. The summed E-state index contributed by atoms with van der Waals surface area (Å²) in [6, 6.07) is 0. The van der Waals surface area contributed by atoms with Gasteiger partial charge < -0.3 is 4.57 Å². The Bertz CT molecular complexity index is 212. The minimum absolute atomic E-state index is 1.50. The van der Waals surface area contributed by atoms with E-state index in [1.807, 2.05) is 0 Å². The van der Waals surface area contributed by atoms with Gasteiger partial charge in [0.25, 0.3) is 0 Å². The van der Waals surface area contributed by atoms with Gasteiger partial charge in [-0.2, -0.15) is 0 Å². The second-order valence-electron chi connectivity index (χ2n) is 7.12. The first-order valence-corrected chi connectivity index (χ1v) is 20.1. The molecule has 0 aliphatic heterocycles. The van der Waals surface area contributed by atoms with Gasteiger partial charge in [0, 0.05) is 5.79 Å². The molecule has 0 fully saturated rings. The van der Waals surface area contributed by atoms with Gasteiger partial charge in [0.2, 0.25) is 0 Å². The topological polar surface area (TPSA) is 17.1 Å². The smallest absolute Gasteiger partial charge is 0.108 e. The SMILES string of the molecule is C[Si](C)(C)P(=O)([Si](C)(C)C)[Si](C)(C)C. The van der Waals surface area contributed by atoms with Crippen molar-refractivity contribution in [1.29, 1.82) is 0 Å². The summed E-state index contributed by atoms with van der Waals surface area (Å²) in [5.74, 6) is -1.85. The van der Waals surface area contributed by atoms with Crippen LogP contribution in [0.1, 0.15) is 0 Å². The van der Waals surface area contributed by atoms with Crippen LogP contribution in [0.5, 0.6) is 0 Å². The van der Waals surface area contributed by atoms with Crippen LogP contribution >= 0.6 is 5.79 Å². The zero-order valence-electron chi connectivity index (χ0n) is 11.4. The van der Waals surface area contributed by atoms with E-state index in [9.17, 15) is 4.57 Å². The number of rotatable bonds is 3. The van der Waals surface area contributed by atoms with Crippen molar-refractivity contribution < 1.29 is 4.57 Å². The minimum Gasteiger partial charge on any atom is -0.338 e. The van der Waals surface area contributed by atoms with E-state index in [1.54, 1.807) is 0 Å². The Morgan fingerprint density at radius 3 is 0.714 bits per heavy atom. The lowest BCUT2D eigenvalue weighted by Crippen LogP contribution is -2.46. The zero-order chi connectivity index (χ0) is 12.0. The molecule has 0 bridgehead atoms. The van der Waals surface area contributed by atoms with Crippen molar-refractivity contribution >= 4 is 29.0 Å². The van der Waals surface area contributed by atoms with Gasteiger partial charge in [-0.25, -0.2) is 0 Å². The summed E-state index contributed by atoms with van der Waals surface area (Å²) >= 11 is 0. The van der Waals surface area contributed by atoms with Crippen LogP contribution in [-0.4, -0.2) is 23.2 Å². The Labute approximate surface area is 92.6 Å². The average molecular weight is 267 g/mol. The van der Waals surface area contributed by atoms with Gasteiger partial charge in [-0.05, 0) is 0 Å². The third-order valence-electron chi connectivity index (χ3n) is 2.83. The standard InChI is InChI=1S/C9H27OPSi3/c1-12(2,3)11(10,13(4,5)6)14(7,8)9/h1-9H3. The largest absolute Gasteiger partial charge is 0.338 e. The summed E-state index contributed by atoms with van der Waals surface area (Å²) in [4.78, 5) is 0. The zero-order valence-corrected chi connectivity index (χ0v) is 15.2. The molecule has 0 rings (SSSR count). The summed E-state index contributed by atoms with van der Waals surface area (Å²) < 4.78 is 13.5. The molecule has 0 radical (unpaired) electrons. The molecule has 14 heavy (non-hydrogen) atoms. The molecule has 0 heterocycles. The third-order valence-corrected chi connectivity index (χ3v) is 61.7. The quantitative estimate of drug-likeness (QED) is 0.527. The van der Waals surface area contributed by atoms with Crippen molar-refractivity contribution in [2.45, 2.75) is 58.9 Å². The first-order valence-electron chi connectivity index (χ1n) is 5.35. The first-order chi connectivity index (χ1) is 5.75. The molecule has 0 aliphatic carbocycles. The third kappa shape index (κ3) is 2.34. The highest BCUT2D eigenvalue weighted by Crippen LogP contribution is 2.68. The summed E-state index contributed by atoms with van der Waals surface area (Å²) in [7, 11) is -4.51. The van der Waals surface area contributed by atoms with Crippen LogP contribution in [0.4, 0.5) is 0 Å². The predicted octanol–water partition coefficient (Wildman–Crippen LogP) is 4.85. The fraction of sp³-hybridized carbons (Fsp3) is 1.00. The number of hydrogen-bond acceptors (Lipinski definition) is 1. The van der Waals surface area contributed by atoms with E-state index >= 15 is 0 Å². The van der Waals surface area contributed by atoms with E-state index in [2.05, 4.69) is 58.9 Å². The Morgan fingerprint density at radius 1 is 0.571 bits per heavy atom. The van der Waals surface area contributed by atoms with Crippen molar-refractivity contribution in [2.75, 3.05) is 0 Å². The van der Waals surface area contributed by atoms with Crippen LogP contribution in [0.25, 0.3) is 0 Å². The lowest BCUT2D eigenvalue weighted by atomic mass is 11.8. The van der Waals surface area contributed by atoms with Crippen LogP contribution in [0.3, 0.4) is 0 Å². The van der Waals surface area contributed by atoms with Gasteiger partial charge in [0.05, 0.1) is 0 Å². The summed E-state index contributed by atoms with van der Waals surface area (Å²) in [6.45, 7) is 20.8. The lowest BCUT2D eigenvalue weighted by molar-refractivity contribution is 0.596. The first kappa shape index (κ1) is 14.9. The fourth-order valence-corrected chi connectivity index (χ4v) is 81.5. The van der Waals surface area contributed by atoms with Gasteiger partial charge >= 0.3 is 0 Å². The maximum atomic E-state index is 13.5. The van der Waals surface area contributed by atoms with Crippen molar-refractivity contribution in [2.24, 2.45) is 0 Å². The molecule has 0 spiro atoms. The van der Waals surface area contributed by atoms with Gasteiger partial charge in [-0.15, -0.1) is 0 Å². The molecule has 5 heteroatoms. The molecule has 0 aromatic carbocycles. The fourth-order valence-electron chi connectivity index (χ4n) is 3.02. The molecular weight excluding hydrogens is 239 g/mol. The van der Waals surface area contributed by atoms with Gasteiger partial charge in [0.15, 0.2) is 0 Å². The summed E-state index contributed by atoms with van der Waals surface area (Å²) in [5.41, 5.74) is 0. The molecule has 0 saturated heterocycles. The highest BCUT2D eigenvalue weighted by molar-refractivity contribution is 8.40. The van der Waals surface area contributed by atoms with E-state index in [1.165, 1.54) is 0 Å². The average Bonchev–Trinajstić information content (AvgIpc) is 1.77. The van der Waals surface area contributed by atoms with E-state index in [-0.39, 0.29) is 0 Å². The normalized spacial score (nSPS) is 15.8. The molecular formula is C9H27OPSi3. The minimum atomic E-state index is -1.85. The monoisotopic (exact) mass is 266 g/mol. The summed E-state index contributed by atoms with van der Waals surface area (Å²) in [5, 5.41) is 0. The van der Waals surface area contributed by atoms with Gasteiger partial charge in [0.1, 0.15) is 23.2 Å². The maximum Gasteiger partial charge on any atom is 0.108 e. The Balaban J connectivity index is 5.69. The Kier molecular flexibility index (Phi) is 3.95. The molecule has 0 unspecified atom stereocenters. The highest BCUT2D eigenvalue weighted by atomic mass is 31.8. The van der Waals surface area contributed by atoms with Crippen LogP contribution < -0.4 is 0 Å². The van der Waals surface area contributed by atoms with Crippen molar-refractivity contribution in [3.8, 4) is 0 Å². The molecule has 0 amide bonds. The van der Waals surface area contributed by atoms with Crippen molar-refractivity contribution in [3.63, 3.8) is 0 Å². The van der Waals surface area contributed by atoms with E-state index in [0.29, 0.717) is 0 Å². The molecule has 0 aromatic heterocycles. The molecule has 1 nitrogen and oxygen atoms in total. The predicted molar refractivity (Wildman–Crippen MR) is 77.6 cm³/mol. The highest BCUT2D eigenvalue weighted by Gasteiger charge is 2.55. The van der Waals surface area contributed by atoms with Crippen LogP contribution in [0.15, 0.2) is 0 Å². The van der Waals surface area contributed by atoms with Gasteiger partial charge in [-0.3, -0.25) is 0 Å². The second kappa shape index (κ2) is 3.72. The van der Waals surface area contributed by atoms with E-state index in [0.717, 1.165) is 0 Å². The van der Waals surface area contributed by atoms with Crippen molar-refractivity contribution in [3.05, 3.63) is 0 Å². The van der Waals surface area contributed by atoms with Crippen molar-refractivity contribution in [1.82, 2.24) is 0 Å². The van der Waals surface area contributed by atoms with Crippen LogP contribution in [0.2, 0.25) is 58.9 Å². The Morgan fingerprint density at radius 2 is 0.714 bits per heavy atom. The number of hydrogen-bond donors (Lipinski definition) is 0. The van der Waals surface area contributed by atoms with Gasteiger partial charge in [-0.1, -0.05) is 58.9 Å². The Hall–Kier alpha value is 0.881. The summed E-state index contributed by atoms with van der Waals surface area (Å²) in [6.07, 6.45) is 0. The van der Waals surface area contributed by atoms with E-state index < -0.39 is 29.0 Å². The molecule has 0 N–H and O–H groups in total. The lowest BCUT2D eigenvalue weighted by Gasteiger charge is -2.46. The molecule has 0 aliphatic rings. The molecule has 0 saturated carbocycles.